The van der Waals surface area contributed by atoms with E-state index in [0.717, 1.165) is 28.2 Å². The van der Waals surface area contributed by atoms with Crippen molar-refractivity contribution in [2.75, 3.05) is 11.1 Å². The lowest BCUT2D eigenvalue weighted by Crippen LogP contribution is -2.25. The zero-order chi connectivity index (χ0) is 15.7. The van der Waals surface area contributed by atoms with E-state index in [2.05, 4.69) is 10.4 Å². The molecule has 0 saturated carbocycles. The maximum Gasteiger partial charge on any atom is 0.248 e. The molecule has 0 aliphatic carbocycles. The van der Waals surface area contributed by atoms with Crippen LogP contribution in [0.15, 0.2) is 18.2 Å². The van der Waals surface area contributed by atoms with Crippen LogP contribution in [0.2, 0.25) is 0 Å². The standard InChI is InChI=1S/C16H22N4O/c1-9-11(3)19-20(12(9)4)13(5)16(21)18-15-8-6-7-14(17)10(15)2/h6-8,13H,17H2,1-5H3,(H,18,21). The van der Waals surface area contributed by atoms with Crippen LogP contribution in [0.5, 0.6) is 0 Å². The first kappa shape index (κ1) is 15.1. The molecular formula is C16H22N4O. The molecule has 0 aliphatic rings. The average Bonchev–Trinajstić information content (AvgIpc) is 2.70. The monoisotopic (exact) mass is 286 g/mol. The fourth-order valence-corrected chi connectivity index (χ4v) is 2.26. The van der Waals surface area contributed by atoms with Gasteiger partial charge in [0, 0.05) is 17.1 Å². The quantitative estimate of drug-likeness (QED) is 0.852. The number of aryl methyl sites for hydroxylation is 1. The van der Waals surface area contributed by atoms with Crippen molar-refractivity contribution in [2.45, 2.75) is 40.7 Å². The Hall–Kier alpha value is -2.30. The number of nitrogens with one attached hydrogen (secondary N) is 1. The number of benzene rings is 1. The maximum absolute atomic E-state index is 12.4. The molecule has 3 N–H and O–H groups in total. The van der Waals surface area contributed by atoms with Gasteiger partial charge in [0.2, 0.25) is 5.91 Å². The van der Waals surface area contributed by atoms with Gasteiger partial charge in [-0.2, -0.15) is 5.10 Å². The van der Waals surface area contributed by atoms with Crippen molar-refractivity contribution in [1.29, 1.82) is 0 Å². The third-order valence-corrected chi connectivity index (χ3v) is 4.07. The number of nitrogens with zero attached hydrogens (tertiary/aromatic N) is 2. The van der Waals surface area contributed by atoms with Crippen LogP contribution in [-0.2, 0) is 4.79 Å². The molecule has 1 aromatic heterocycles. The molecule has 0 aliphatic heterocycles. The number of aromatic nitrogens is 2. The van der Waals surface area contributed by atoms with Gasteiger partial charge in [0.25, 0.3) is 0 Å². The van der Waals surface area contributed by atoms with E-state index in [1.54, 1.807) is 4.68 Å². The van der Waals surface area contributed by atoms with Crippen LogP contribution >= 0.6 is 0 Å². The second kappa shape index (κ2) is 5.60. The summed E-state index contributed by atoms with van der Waals surface area (Å²) in [6.45, 7) is 9.68. The highest BCUT2D eigenvalue weighted by molar-refractivity contribution is 5.94. The molecule has 0 radical (unpaired) electrons. The number of anilines is 2. The number of nitrogen functional groups attached to an aromatic ring is 1. The van der Waals surface area contributed by atoms with E-state index >= 15 is 0 Å². The Morgan fingerprint density at radius 1 is 1.24 bits per heavy atom. The summed E-state index contributed by atoms with van der Waals surface area (Å²) in [5.74, 6) is -0.103. The lowest BCUT2D eigenvalue weighted by molar-refractivity contribution is -0.119. The van der Waals surface area contributed by atoms with Crippen LogP contribution in [0.3, 0.4) is 0 Å². The predicted octanol–water partition coefficient (Wildman–Crippen LogP) is 2.90. The summed E-state index contributed by atoms with van der Waals surface area (Å²) < 4.78 is 1.77. The summed E-state index contributed by atoms with van der Waals surface area (Å²) in [6.07, 6.45) is 0. The van der Waals surface area contributed by atoms with E-state index in [0.29, 0.717) is 5.69 Å². The van der Waals surface area contributed by atoms with Crippen molar-refractivity contribution in [3.63, 3.8) is 0 Å². The molecule has 2 rings (SSSR count). The van der Waals surface area contributed by atoms with Crippen LogP contribution in [0.25, 0.3) is 0 Å². The number of carbonyl (C=O) groups is 1. The number of hydrogen-bond donors (Lipinski definition) is 2. The van der Waals surface area contributed by atoms with Crippen LogP contribution in [-0.4, -0.2) is 15.7 Å². The van der Waals surface area contributed by atoms with E-state index in [-0.39, 0.29) is 11.9 Å². The zero-order valence-electron chi connectivity index (χ0n) is 13.2. The van der Waals surface area contributed by atoms with Gasteiger partial charge >= 0.3 is 0 Å². The number of hydrogen-bond acceptors (Lipinski definition) is 3. The van der Waals surface area contributed by atoms with E-state index in [9.17, 15) is 4.79 Å². The largest absolute Gasteiger partial charge is 0.398 e. The Labute approximate surface area is 125 Å². The van der Waals surface area contributed by atoms with Crippen molar-refractivity contribution in [3.05, 3.63) is 40.7 Å². The molecule has 5 nitrogen and oxygen atoms in total. The first-order valence-corrected chi connectivity index (χ1v) is 7.01. The maximum atomic E-state index is 12.4. The van der Waals surface area contributed by atoms with Crippen molar-refractivity contribution in [1.82, 2.24) is 9.78 Å². The topological polar surface area (TPSA) is 72.9 Å². The van der Waals surface area contributed by atoms with Gasteiger partial charge in [-0.3, -0.25) is 9.48 Å². The highest BCUT2D eigenvalue weighted by Crippen LogP contribution is 2.22. The Morgan fingerprint density at radius 3 is 2.48 bits per heavy atom. The first-order valence-electron chi connectivity index (χ1n) is 7.01. The van der Waals surface area contributed by atoms with Gasteiger partial charge in [-0.15, -0.1) is 0 Å². The molecule has 0 spiro atoms. The summed E-state index contributed by atoms with van der Waals surface area (Å²) in [5, 5.41) is 7.37. The molecule has 1 atom stereocenters. The van der Waals surface area contributed by atoms with Crippen LogP contribution in [0, 0.1) is 27.7 Å². The Morgan fingerprint density at radius 2 is 1.90 bits per heavy atom. The summed E-state index contributed by atoms with van der Waals surface area (Å²) in [5.41, 5.74) is 11.2. The minimum atomic E-state index is -0.377. The summed E-state index contributed by atoms with van der Waals surface area (Å²) in [4.78, 5) is 12.4. The molecule has 0 saturated heterocycles. The molecular weight excluding hydrogens is 264 g/mol. The molecule has 2 aromatic rings. The van der Waals surface area contributed by atoms with Crippen LogP contribution in [0.1, 0.15) is 35.5 Å². The Balaban J connectivity index is 2.24. The second-order valence-corrected chi connectivity index (χ2v) is 5.43. The predicted molar refractivity (Wildman–Crippen MR) is 85.4 cm³/mol. The van der Waals surface area contributed by atoms with Gasteiger partial charge in [-0.1, -0.05) is 6.07 Å². The third-order valence-electron chi connectivity index (χ3n) is 4.07. The molecule has 1 amide bonds. The normalized spacial score (nSPS) is 12.2. The smallest absolute Gasteiger partial charge is 0.248 e. The van der Waals surface area contributed by atoms with Crippen LogP contribution < -0.4 is 11.1 Å². The fraction of sp³-hybridized carbons (Fsp3) is 0.375. The SMILES string of the molecule is Cc1nn(C(C)C(=O)Nc2cccc(N)c2C)c(C)c1C. The zero-order valence-corrected chi connectivity index (χ0v) is 13.2. The number of amides is 1. The van der Waals surface area contributed by atoms with Crippen molar-refractivity contribution in [3.8, 4) is 0 Å². The van der Waals surface area contributed by atoms with Crippen molar-refractivity contribution >= 4 is 17.3 Å². The number of carbonyl (C=O) groups excluding carboxylic acids is 1. The molecule has 0 bridgehead atoms. The second-order valence-electron chi connectivity index (χ2n) is 5.43. The minimum Gasteiger partial charge on any atom is -0.398 e. The van der Waals surface area contributed by atoms with Crippen LogP contribution in [0.4, 0.5) is 11.4 Å². The summed E-state index contributed by atoms with van der Waals surface area (Å²) in [6, 6.07) is 5.12. The van der Waals surface area contributed by atoms with Gasteiger partial charge in [-0.25, -0.2) is 0 Å². The summed E-state index contributed by atoms with van der Waals surface area (Å²) in [7, 11) is 0. The van der Waals surface area contributed by atoms with Gasteiger partial charge in [-0.05, 0) is 57.9 Å². The fourth-order valence-electron chi connectivity index (χ4n) is 2.26. The highest BCUT2D eigenvalue weighted by Gasteiger charge is 2.20. The lowest BCUT2D eigenvalue weighted by Gasteiger charge is -2.16. The lowest BCUT2D eigenvalue weighted by atomic mass is 10.1. The van der Waals surface area contributed by atoms with Crippen molar-refractivity contribution < 1.29 is 4.79 Å². The van der Waals surface area contributed by atoms with E-state index in [1.807, 2.05) is 52.8 Å². The molecule has 112 valence electrons. The minimum absolute atomic E-state index is 0.103. The van der Waals surface area contributed by atoms with E-state index in [1.165, 1.54) is 0 Å². The molecule has 1 aromatic carbocycles. The molecule has 1 heterocycles. The molecule has 5 heteroatoms. The van der Waals surface area contributed by atoms with E-state index < -0.39 is 0 Å². The van der Waals surface area contributed by atoms with Gasteiger partial charge in [0.05, 0.1) is 5.69 Å². The Bertz CT molecular complexity index is 688. The molecule has 1 unspecified atom stereocenters. The summed E-state index contributed by atoms with van der Waals surface area (Å²) >= 11 is 0. The first-order chi connectivity index (χ1) is 9.82. The van der Waals surface area contributed by atoms with E-state index in [4.69, 9.17) is 5.73 Å². The van der Waals surface area contributed by atoms with Gasteiger partial charge < -0.3 is 11.1 Å². The van der Waals surface area contributed by atoms with Crippen molar-refractivity contribution in [2.24, 2.45) is 0 Å². The average molecular weight is 286 g/mol. The number of rotatable bonds is 3. The Kier molecular flexibility index (Phi) is 4.02. The van der Waals surface area contributed by atoms with Gasteiger partial charge in [0.1, 0.15) is 6.04 Å². The highest BCUT2D eigenvalue weighted by atomic mass is 16.2. The van der Waals surface area contributed by atoms with Gasteiger partial charge in [0.15, 0.2) is 0 Å². The number of nitrogens with two attached hydrogens (primary N) is 1. The molecule has 21 heavy (non-hydrogen) atoms. The third kappa shape index (κ3) is 2.77. The molecule has 0 fully saturated rings.